The monoisotopic (exact) mass is 228 g/mol. The van der Waals surface area contributed by atoms with E-state index in [2.05, 4.69) is 4.36 Å². The van der Waals surface area contributed by atoms with E-state index in [-0.39, 0.29) is 0 Å². The molecule has 2 N–H and O–H groups in total. The molecule has 0 amide bonds. The Hall–Kier alpha value is -1.07. The molecule has 1 aromatic rings. The first-order valence-electron chi connectivity index (χ1n) is 4.58. The minimum atomic E-state index is -2.31. The Balaban J connectivity index is 2.90. The van der Waals surface area contributed by atoms with Gasteiger partial charge in [0.25, 0.3) is 0 Å². The quantitative estimate of drug-likeness (QED) is 0.625. The Morgan fingerprint density at radius 2 is 2.00 bits per heavy atom. The zero-order valence-corrected chi connectivity index (χ0v) is 9.79. The van der Waals surface area contributed by atoms with Gasteiger partial charge in [0, 0.05) is 23.9 Å². The average molecular weight is 228 g/mol. The molecular weight excluding hydrogens is 212 g/mol. The van der Waals surface area contributed by atoms with Gasteiger partial charge >= 0.3 is 0 Å². The number of rotatable bonds is 4. The second-order valence-corrected chi connectivity index (χ2v) is 5.55. The second-order valence-electron chi connectivity index (χ2n) is 3.22. The van der Waals surface area contributed by atoms with Gasteiger partial charge in [-0.15, -0.1) is 0 Å². The van der Waals surface area contributed by atoms with E-state index in [9.17, 15) is 4.21 Å². The number of methoxy groups -OCH3 is 1. The smallest absolute Gasteiger partial charge is 0.0723 e. The fourth-order valence-electron chi connectivity index (χ4n) is 1.10. The first kappa shape index (κ1) is 12.0. The van der Waals surface area contributed by atoms with Crippen LogP contribution in [0.5, 0.6) is 0 Å². The maximum atomic E-state index is 12.1. The third-order valence-corrected chi connectivity index (χ3v) is 3.77. The van der Waals surface area contributed by atoms with Gasteiger partial charge in [-0.3, -0.25) is 0 Å². The molecule has 0 fully saturated rings. The van der Waals surface area contributed by atoms with Crippen molar-refractivity contribution < 1.29 is 8.95 Å². The standard InChI is InChI=1S/C10H16N2O2S/c1-14-8-7-12-15(2,13)10-5-3-9(11)4-6-10/h3-6H,7-8,11H2,1-2H3. The largest absolute Gasteiger partial charge is 0.399 e. The highest BCUT2D eigenvalue weighted by atomic mass is 32.2. The van der Waals surface area contributed by atoms with Crippen LogP contribution in [0, 0.1) is 0 Å². The van der Waals surface area contributed by atoms with Gasteiger partial charge in [-0.05, 0) is 24.3 Å². The fraction of sp³-hybridized carbons (Fsp3) is 0.400. The van der Waals surface area contributed by atoms with E-state index >= 15 is 0 Å². The number of anilines is 1. The predicted octanol–water partition coefficient (Wildman–Crippen LogP) is 1.37. The van der Waals surface area contributed by atoms with Crippen molar-refractivity contribution in [3.05, 3.63) is 24.3 Å². The molecule has 0 aliphatic rings. The van der Waals surface area contributed by atoms with Crippen molar-refractivity contribution in [2.24, 2.45) is 4.36 Å². The van der Waals surface area contributed by atoms with Crippen LogP contribution < -0.4 is 5.73 Å². The number of ether oxygens (including phenoxy) is 1. The van der Waals surface area contributed by atoms with Crippen LogP contribution in [-0.2, 0) is 14.5 Å². The summed E-state index contributed by atoms with van der Waals surface area (Å²) in [6.07, 6.45) is 1.62. The summed E-state index contributed by atoms with van der Waals surface area (Å²) < 4.78 is 21.1. The lowest BCUT2D eigenvalue weighted by Crippen LogP contribution is -2.02. The van der Waals surface area contributed by atoms with Gasteiger partial charge in [-0.2, -0.15) is 0 Å². The molecule has 1 aromatic carbocycles. The van der Waals surface area contributed by atoms with Crippen molar-refractivity contribution in [1.82, 2.24) is 0 Å². The molecular formula is C10H16N2O2S. The summed E-state index contributed by atoms with van der Waals surface area (Å²) >= 11 is 0. The van der Waals surface area contributed by atoms with Gasteiger partial charge < -0.3 is 10.5 Å². The van der Waals surface area contributed by atoms with Crippen molar-refractivity contribution in [3.8, 4) is 0 Å². The van der Waals surface area contributed by atoms with Gasteiger partial charge in [0.2, 0.25) is 0 Å². The Morgan fingerprint density at radius 3 is 2.53 bits per heavy atom. The van der Waals surface area contributed by atoms with E-state index in [4.69, 9.17) is 10.5 Å². The summed E-state index contributed by atoms with van der Waals surface area (Å²) in [5.41, 5.74) is 6.21. The third kappa shape index (κ3) is 3.53. The number of hydrogen-bond donors (Lipinski definition) is 1. The molecule has 0 aliphatic carbocycles. The highest BCUT2D eigenvalue weighted by molar-refractivity contribution is 7.93. The Bertz CT molecular complexity index is 420. The van der Waals surface area contributed by atoms with E-state index in [0.717, 1.165) is 0 Å². The van der Waals surface area contributed by atoms with Gasteiger partial charge in [0.15, 0.2) is 0 Å². The predicted molar refractivity (Wildman–Crippen MR) is 62.4 cm³/mol. The van der Waals surface area contributed by atoms with Crippen LogP contribution in [0.3, 0.4) is 0 Å². The Morgan fingerprint density at radius 1 is 1.40 bits per heavy atom. The summed E-state index contributed by atoms with van der Waals surface area (Å²) in [7, 11) is -0.716. The fourth-order valence-corrected chi connectivity index (χ4v) is 2.31. The van der Waals surface area contributed by atoms with Gasteiger partial charge in [-0.25, -0.2) is 8.57 Å². The normalized spacial score (nSPS) is 14.5. The molecule has 84 valence electrons. The average Bonchev–Trinajstić information content (AvgIpc) is 2.18. The molecule has 1 atom stereocenters. The van der Waals surface area contributed by atoms with Crippen LogP contribution in [0.15, 0.2) is 33.5 Å². The van der Waals surface area contributed by atoms with E-state index in [0.29, 0.717) is 23.7 Å². The minimum absolute atomic E-state index is 0.441. The lowest BCUT2D eigenvalue weighted by molar-refractivity contribution is 0.208. The second kappa shape index (κ2) is 5.14. The van der Waals surface area contributed by atoms with Crippen LogP contribution >= 0.6 is 0 Å². The Kier molecular flexibility index (Phi) is 4.11. The number of nitrogens with two attached hydrogens (primary N) is 1. The summed E-state index contributed by atoms with van der Waals surface area (Å²) in [4.78, 5) is 0.702. The van der Waals surface area contributed by atoms with Crippen LogP contribution in [-0.4, -0.2) is 30.7 Å². The number of nitrogens with zero attached hydrogens (tertiary/aromatic N) is 1. The van der Waals surface area contributed by atoms with Crippen molar-refractivity contribution in [3.63, 3.8) is 0 Å². The maximum absolute atomic E-state index is 12.1. The molecule has 0 aliphatic heterocycles. The summed E-state index contributed by atoms with van der Waals surface area (Å²) in [5.74, 6) is 0. The van der Waals surface area contributed by atoms with E-state index in [1.54, 1.807) is 37.6 Å². The molecule has 0 aromatic heterocycles. The van der Waals surface area contributed by atoms with Crippen LogP contribution in [0.2, 0.25) is 0 Å². The Labute approximate surface area is 90.6 Å². The van der Waals surface area contributed by atoms with Crippen molar-refractivity contribution in [2.45, 2.75) is 4.90 Å². The number of hydrogen-bond acceptors (Lipinski definition) is 4. The van der Waals surface area contributed by atoms with Crippen LogP contribution in [0.25, 0.3) is 0 Å². The molecule has 1 unspecified atom stereocenters. The van der Waals surface area contributed by atoms with Gasteiger partial charge in [-0.1, -0.05) is 0 Å². The molecule has 0 spiro atoms. The first-order valence-corrected chi connectivity index (χ1v) is 6.51. The molecule has 0 heterocycles. The van der Waals surface area contributed by atoms with Gasteiger partial charge in [0.1, 0.15) is 0 Å². The molecule has 15 heavy (non-hydrogen) atoms. The molecule has 0 radical (unpaired) electrons. The molecule has 0 saturated carbocycles. The summed E-state index contributed by atoms with van der Waals surface area (Å²) in [6.45, 7) is 0.927. The van der Waals surface area contributed by atoms with Crippen LogP contribution in [0.4, 0.5) is 5.69 Å². The zero-order valence-electron chi connectivity index (χ0n) is 8.97. The summed E-state index contributed by atoms with van der Waals surface area (Å²) in [5, 5.41) is 0. The SMILES string of the molecule is COCCN=S(C)(=O)c1ccc(N)cc1. The van der Waals surface area contributed by atoms with Gasteiger partial charge in [0.05, 0.1) is 22.9 Å². The lowest BCUT2D eigenvalue weighted by Gasteiger charge is -2.04. The highest BCUT2D eigenvalue weighted by Crippen LogP contribution is 2.13. The van der Waals surface area contributed by atoms with Crippen molar-refractivity contribution in [2.75, 3.05) is 32.3 Å². The molecule has 0 saturated heterocycles. The van der Waals surface area contributed by atoms with Crippen LogP contribution in [0.1, 0.15) is 0 Å². The lowest BCUT2D eigenvalue weighted by atomic mass is 10.3. The van der Waals surface area contributed by atoms with E-state index < -0.39 is 9.73 Å². The first-order chi connectivity index (χ1) is 7.06. The summed E-state index contributed by atoms with van der Waals surface area (Å²) in [6, 6.07) is 6.94. The number of nitrogen functional groups attached to an aromatic ring is 1. The minimum Gasteiger partial charge on any atom is -0.399 e. The van der Waals surface area contributed by atoms with E-state index in [1.165, 1.54) is 0 Å². The van der Waals surface area contributed by atoms with Crippen molar-refractivity contribution in [1.29, 1.82) is 0 Å². The third-order valence-electron chi connectivity index (χ3n) is 1.95. The number of benzene rings is 1. The van der Waals surface area contributed by atoms with E-state index in [1.807, 2.05) is 0 Å². The zero-order chi connectivity index (χ0) is 11.3. The maximum Gasteiger partial charge on any atom is 0.0723 e. The highest BCUT2D eigenvalue weighted by Gasteiger charge is 2.04. The molecule has 4 nitrogen and oxygen atoms in total. The molecule has 1 rings (SSSR count). The van der Waals surface area contributed by atoms with Crippen molar-refractivity contribution >= 4 is 15.4 Å². The molecule has 0 bridgehead atoms. The topological polar surface area (TPSA) is 64.7 Å². The molecule has 5 heteroatoms.